The molecule has 5 rings (SSSR count). The van der Waals surface area contributed by atoms with Crippen molar-refractivity contribution in [2.45, 2.75) is 0 Å². The Morgan fingerprint density at radius 1 is 0.636 bits per heavy atom. The van der Waals surface area contributed by atoms with Crippen molar-refractivity contribution >= 4 is 42.5 Å². The quantitative estimate of drug-likeness (QED) is 0.358. The second-order valence-corrected chi connectivity index (χ2v) is 6.52. The molecule has 0 atom stereocenters. The zero-order valence-corrected chi connectivity index (χ0v) is 12.7. The van der Waals surface area contributed by atoms with Crippen LogP contribution in [0.15, 0.2) is 78.9 Å². The van der Waals surface area contributed by atoms with Crippen LogP contribution >= 0.6 is 11.3 Å². The van der Waals surface area contributed by atoms with Gasteiger partial charge in [-0.3, -0.25) is 0 Å². The summed E-state index contributed by atoms with van der Waals surface area (Å²) in [6, 6.07) is 28.0. The maximum atomic E-state index is 2.39. The molecule has 2 aromatic heterocycles. The average Bonchev–Trinajstić information content (AvgIpc) is 3.10. The maximum Gasteiger partial charge on any atom is 0.0727 e. The summed E-state index contributed by atoms with van der Waals surface area (Å²) < 4.78 is 5.12. The van der Waals surface area contributed by atoms with Gasteiger partial charge in [0, 0.05) is 21.2 Å². The summed E-state index contributed by atoms with van der Waals surface area (Å²) in [5.74, 6) is 0. The monoisotopic (exact) mass is 299 g/mol. The van der Waals surface area contributed by atoms with Crippen LogP contribution in [0.25, 0.3) is 36.9 Å². The Hall–Kier alpha value is -2.58. The molecule has 0 aliphatic carbocycles. The summed E-state index contributed by atoms with van der Waals surface area (Å²) in [4.78, 5) is 0. The average molecular weight is 299 g/mol. The van der Waals surface area contributed by atoms with Gasteiger partial charge >= 0.3 is 0 Å². The third kappa shape index (κ3) is 1.53. The number of rotatable bonds is 1. The molecule has 0 unspecified atom stereocenters. The van der Waals surface area contributed by atoms with Gasteiger partial charge in [0.1, 0.15) is 0 Å². The number of hydrogen-bond donors (Lipinski definition) is 0. The third-order valence-corrected chi connectivity index (χ3v) is 5.39. The van der Waals surface area contributed by atoms with Gasteiger partial charge in [-0.25, -0.2) is 0 Å². The summed E-state index contributed by atoms with van der Waals surface area (Å²) in [6.07, 6.45) is 0. The van der Waals surface area contributed by atoms with Gasteiger partial charge in [-0.2, -0.15) is 0 Å². The van der Waals surface area contributed by atoms with E-state index < -0.39 is 0 Å². The lowest BCUT2D eigenvalue weighted by atomic mass is 10.2. The van der Waals surface area contributed by atoms with Crippen LogP contribution in [-0.2, 0) is 0 Å². The highest BCUT2D eigenvalue weighted by atomic mass is 32.1. The van der Waals surface area contributed by atoms with Gasteiger partial charge in [-0.1, -0.05) is 54.6 Å². The van der Waals surface area contributed by atoms with E-state index in [1.807, 2.05) is 11.3 Å². The van der Waals surface area contributed by atoms with Gasteiger partial charge in [-0.05, 0) is 24.3 Å². The van der Waals surface area contributed by atoms with Gasteiger partial charge < -0.3 is 4.57 Å². The molecule has 0 amide bonds. The first-order valence-electron chi connectivity index (χ1n) is 7.39. The number of fused-ring (bicyclic) bond motifs is 5. The van der Waals surface area contributed by atoms with E-state index in [-0.39, 0.29) is 0 Å². The molecule has 0 N–H and O–H groups in total. The summed E-state index contributed by atoms with van der Waals surface area (Å²) in [7, 11) is 0. The second-order valence-electron chi connectivity index (χ2n) is 5.46. The molecule has 0 aliphatic rings. The normalized spacial score (nSPS) is 11.6. The van der Waals surface area contributed by atoms with E-state index in [1.54, 1.807) is 0 Å². The van der Waals surface area contributed by atoms with Crippen LogP contribution in [0.4, 0.5) is 0 Å². The fourth-order valence-corrected chi connectivity index (χ4v) is 4.48. The van der Waals surface area contributed by atoms with Crippen LogP contribution in [0, 0.1) is 0 Å². The highest BCUT2D eigenvalue weighted by Gasteiger charge is 2.16. The lowest BCUT2D eigenvalue weighted by Gasteiger charge is -2.07. The number of thiophene rings is 1. The van der Waals surface area contributed by atoms with E-state index in [1.165, 1.54) is 36.9 Å². The predicted octanol–water partition coefficient (Wildman–Crippen LogP) is 6.00. The Bertz CT molecular complexity index is 1110. The lowest BCUT2D eigenvalue weighted by molar-refractivity contribution is 1.19. The first-order valence-corrected chi connectivity index (χ1v) is 8.21. The van der Waals surface area contributed by atoms with Crippen molar-refractivity contribution < 1.29 is 0 Å². The second kappa shape index (κ2) is 4.46. The van der Waals surface area contributed by atoms with Crippen molar-refractivity contribution in [1.82, 2.24) is 4.57 Å². The largest absolute Gasteiger partial charge is 0.308 e. The predicted molar refractivity (Wildman–Crippen MR) is 96.2 cm³/mol. The Kier molecular flexibility index (Phi) is 2.43. The van der Waals surface area contributed by atoms with Crippen molar-refractivity contribution in [1.29, 1.82) is 0 Å². The molecule has 0 saturated heterocycles. The van der Waals surface area contributed by atoms with E-state index in [4.69, 9.17) is 0 Å². The zero-order valence-electron chi connectivity index (χ0n) is 11.9. The van der Waals surface area contributed by atoms with Gasteiger partial charge in [-0.15, -0.1) is 11.3 Å². The fourth-order valence-electron chi connectivity index (χ4n) is 3.26. The molecule has 5 aromatic rings. The maximum absolute atomic E-state index is 2.39. The van der Waals surface area contributed by atoms with Gasteiger partial charge in [0.15, 0.2) is 0 Å². The summed E-state index contributed by atoms with van der Waals surface area (Å²) >= 11 is 1.89. The topological polar surface area (TPSA) is 4.93 Å². The van der Waals surface area contributed by atoms with Crippen LogP contribution in [0.2, 0.25) is 0 Å². The van der Waals surface area contributed by atoms with Crippen LogP contribution < -0.4 is 0 Å². The highest BCUT2D eigenvalue weighted by molar-refractivity contribution is 7.26. The van der Waals surface area contributed by atoms with Crippen molar-refractivity contribution in [2.75, 3.05) is 0 Å². The molecule has 2 heteroatoms. The first kappa shape index (κ1) is 12.0. The van der Waals surface area contributed by atoms with Crippen LogP contribution in [-0.4, -0.2) is 4.57 Å². The standard InChI is InChI=1S/C20H13NS/c1-2-8-14(9-3-1)21-17-12-6-4-10-15(17)20-19(21)16-11-5-7-13-18(16)22-20/h1-13H. The van der Waals surface area contributed by atoms with E-state index in [0.29, 0.717) is 0 Å². The minimum absolute atomic E-state index is 1.22. The molecule has 0 saturated carbocycles. The Morgan fingerprint density at radius 2 is 1.32 bits per heavy atom. The summed E-state index contributed by atoms with van der Waals surface area (Å²) in [6.45, 7) is 0. The lowest BCUT2D eigenvalue weighted by Crippen LogP contribution is -1.92. The number of para-hydroxylation sites is 2. The van der Waals surface area contributed by atoms with E-state index >= 15 is 0 Å². The molecule has 22 heavy (non-hydrogen) atoms. The number of hydrogen-bond acceptors (Lipinski definition) is 1. The van der Waals surface area contributed by atoms with Crippen molar-refractivity contribution in [3.63, 3.8) is 0 Å². The van der Waals surface area contributed by atoms with Gasteiger partial charge in [0.2, 0.25) is 0 Å². The molecule has 0 spiro atoms. The van der Waals surface area contributed by atoms with Crippen LogP contribution in [0.5, 0.6) is 0 Å². The van der Waals surface area contributed by atoms with Crippen molar-refractivity contribution in [3.8, 4) is 5.69 Å². The molecule has 104 valence electrons. The molecule has 0 fully saturated rings. The zero-order chi connectivity index (χ0) is 14.5. The SMILES string of the molecule is c1ccc(-n2c3ccccc3c3sc4ccccc4c32)cc1. The Balaban J connectivity index is 2.08. The van der Waals surface area contributed by atoms with E-state index in [0.717, 1.165) is 0 Å². The summed E-state index contributed by atoms with van der Waals surface area (Å²) in [5.41, 5.74) is 3.82. The minimum Gasteiger partial charge on any atom is -0.308 e. The fraction of sp³-hybridized carbons (Fsp3) is 0. The Labute approximate surface area is 132 Å². The molecular weight excluding hydrogens is 286 g/mol. The first-order chi connectivity index (χ1) is 10.9. The highest BCUT2D eigenvalue weighted by Crippen LogP contribution is 2.41. The van der Waals surface area contributed by atoms with Gasteiger partial charge in [0.25, 0.3) is 0 Å². The smallest absolute Gasteiger partial charge is 0.0727 e. The van der Waals surface area contributed by atoms with Crippen LogP contribution in [0.3, 0.4) is 0 Å². The molecule has 0 radical (unpaired) electrons. The molecular formula is C20H13NS. The molecule has 3 aromatic carbocycles. The number of aromatic nitrogens is 1. The molecule has 0 bridgehead atoms. The molecule has 0 aliphatic heterocycles. The van der Waals surface area contributed by atoms with E-state index in [2.05, 4.69) is 83.4 Å². The Morgan fingerprint density at radius 3 is 2.18 bits per heavy atom. The summed E-state index contributed by atoms with van der Waals surface area (Å²) in [5, 5.41) is 2.67. The van der Waals surface area contributed by atoms with Gasteiger partial charge in [0.05, 0.1) is 15.7 Å². The minimum atomic E-state index is 1.22. The molecule has 1 nitrogen and oxygen atoms in total. The van der Waals surface area contributed by atoms with E-state index in [9.17, 15) is 0 Å². The van der Waals surface area contributed by atoms with Crippen molar-refractivity contribution in [2.24, 2.45) is 0 Å². The van der Waals surface area contributed by atoms with Crippen LogP contribution in [0.1, 0.15) is 0 Å². The number of nitrogens with zero attached hydrogens (tertiary/aromatic N) is 1. The third-order valence-electron chi connectivity index (χ3n) is 4.20. The number of benzene rings is 3. The molecule has 2 heterocycles. The van der Waals surface area contributed by atoms with Crippen molar-refractivity contribution in [3.05, 3.63) is 78.9 Å².